The molecule has 0 radical (unpaired) electrons. The van der Waals surface area contributed by atoms with E-state index in [0.29, 0.717) is 13.0 Å². The van der Waals surface area contributed by atoms with Crippen molar-refractivity contribution in [3.05, 3.63) is 44.6 Å². The van der Waals surface area contributed by atoms with Gasteiger partial charge in [-0.25, -0.2) is 11.7 Å². The number of carbonyl (C=O) groups excluding carboxylic acids is 1. The van der Waals surface area contributed by atoms with E-state index in [0.717, 1.165) is 15.9 Å². The van der Waals surface area contributed by atoms with Crippen molar-refractivity contribution in [2.24, 2.45) is 11.7 Å². The van der Waals surface area contributed by atoms with Gasteiger partial charge < -0.3 is 9.75 Å². The van der Waals surface area contributed by atoms with Crippen LogP contribution in [0.2, 0.25) is 0 Å². The maximum atomic E-state index is 8.94. The molecule has 0 fully saturated rings. The molecule has 0 saturated heterocycles. The van der Waals surface area contributed by atoms with Crippen LogP contribution in [0.15, 0.2) is 34.1 Å². The number of hydrogen-bond donors (Lipinski definition) is 3. The van der Waals surface area contributed by atoms with Crippen molar-refractivity contribution in [2.75, 3.05) is 12.1 Å². The molecule has 120 valence electrons. The zero-order valence-electron chi connectivity index (χ0n) is 12.4. The highest BCUT2D eigenvalue weighted by Crippen LogP contribution is 2.35. The van der Waals surface area contributed by atoms with Gasteiger partial charge in [-0.3, -0.25) is 10.2 Å². The Morgan fingerprint density at radius 3 is 2.68 bits per heavy atom. The van der Waals surface area contributed by atoms with Crippen molar-refractivity contribution >= 4 is 39.4 Å². The second kappa shape index (κ2) is 9.42. The van der Waals surface area contributed by atoms with Crippen LogP contribution in [0.1, 0.15) is 10.4 Å². The van der Waals surface area contributed by atoms with Crippen LogP contribution < -0.4 is 26.9 Å². The summed E-state index contributed by atoms with van der Waals surface area (Å²) in [5, 5.41) is 3.68. The molecule has 1 amide bonds. The van der Waals surface area contributed by atoms with Gasteiger partial charge in [0.1, 0.15) is 6.61 Å². The van der Waals surface area contributed by atoms with Crippen LogP contribution in [-0.4, -0.2) is 13.5 Å². The number of nitrogens with one attached hydrogen (secondary N) is 1. The van der Waals surface area contributed by atoms with E-state index in [-0.39, 0.29) is 0 Å². The Morgan fingerprint density at radius 1 is 1.50 bits per heavy atom. The molecule has 0 aliphatic carbocycles. The van der Waals surface area contributed by atoms with Gasteiger partial charge in [-0.2, -0.15) is 0 Å². The first-order valence-electron chi connectivity index (χ1n) is 6.33. The maximum absolute atomic E-state index is 8.94. The number of nitrogens with two attached hydrogens (primary N) is 2. The SMILES string of the molecule is Cc1csc(COc2c(Br)cccc2N(C)N)c1.NNC=O. The predicted octanol–water partition coefficient (Wildman–Crippen LogP) is 2.31. The quantitative estimate of drug-likeness (QED) is 0.317. The van der Waals surface area contributed by atoms with Crippen molar-refractivity contribution in [2.45, 2.75) is 13.5 Å². The van der Waals surface area contributed by atoms with Crippen molar-refractivity contribution in [1.29, 1.82) is 0 Å². The highest BCUT2D eigenvalue weighted by atomic mass is 79.9. The molecule has 0 aliphatic heterocycles. The van der Waals surface area contributed by atoms with Gasteiger partial charge in [0.25, 0.3) is 0 Å². The largest absolute Gasteiger partial charge is 0.485 e. The van der Waals surface area contributed by atoms with E-state index in [9.17, 15) is 0 Å². The molecule has 0 saturated carbocycles. The first kappa shape index (κ1) is 18.4. The van der Waals surface area contributed by atoms with Gasteiger partial charge in [0, 0.05) is 11.9 Å². The Labute approximate surface area is 142 Å². The molecule has 22 heavy (non-hydrogen) atoms. The Balaban J connectivity index is 0.000000541. The Morgan fingerprint density at radius 2 is 2.18 bits per heavy atom. The number of hydrazine groups is 2. The molecule has 2 aromatic rings. The van der Waals surface area contributed by atoms with Crippen molar-refractivity contribution in [3.8, 4) is 5.75 Å². The molecular formula is C14H19BrN4O2S. The van der Waals surface area contributed by atoms with E-state index in [1.54, 1.807) is 28.8 Å². The summed E-state index contributed by atoms with van der Waals surface area (Å²) < 4.78 is 6.78. The Kier molecular flexibility index (Phi) is 7.89. The van der Waals surface area contributed by atoms with Crippen LogP contribution >= 0.6 is 27.3 Å². The fourth-order valence-electron chi connectivity index (χ4n) is 1.63. The number of rotatable bonds is 5. The second-order valence-electron chi connectivity index (χ2n) is 4.36. The van der Waals surface area contributed by atoms with Gasteiger partial charge in [0.15, 0.2) is 5.75 Å². The molecule has 1 heterocycles. The lowest BCUT2D eigenvalue weighted by Gasteiger charge is -2.18. The molecule has 0 aliphatic rings. The first-order chi connectivity index (χ1) is 10.5. The van der Waals surface area contributed by atoms with E-state index in [1.807, 2.05) is 18.2 Å². The van der Waals surface area contributed by atoms with Gasteiger partial charge in [-0.1, -0.05) is 6.07 Å². The number of hydrogen-bond acceptors (Lipinski definition) is 6. The summed E-state index contributed by atoms with van der Waals surface area (Å²) in [6.07, 6.45) is 0.403. The molecule has 0 atom stereocenters. The predicted molar refractivity (Wildman–Crippen MR) is 93.5 cm³/mol. The number of thiophene rings is 1. The third-order valence-corrected chi connectivity index (χ3v) is 4.19. The summed E-state index contributed by atoms with van der Waals surface area (Å²) >= 11 is 5.19. The number of amides is 1. The average Bonchev–Trinajstić information content (AvgIpc) is 2.91. The lowest BCUT2D eigenvalue weighted by Crippen LogP contribution is -2.25. The average molecular weight is 387 g/mol. The highest BCUT2D eigenvalue weighted by Gasteiger charge is 2.10. The summed E-state index contributed by atoms with van der Waals surface area (Å²) in [7, 11) is 1.80. The minimum absolute atomic E-state index is 0.403. The van der Waals surface area contributed by atoms with E-state index in [2.05, 4.69) is 40.1 Å². The lowest BCUT2D eigenvalue weighted by molar-refractivity contribution is -0.109. The third kappa shape index (κ3) is 5.64. The van der Waals surface area contributed by atoms with Crippen molar-refractivity contribution in [3.63, 3.8) is 0 Å². The van der Waals surface area contributed by atoms with Crippen LogP contribution in [0.4, 0.5) is 5.69 Å². The van der Waals surface area contributed by atoms with Crippen molar-refractivity contribution in [1.82, 2.24) is 5.43 Å². The molecule has 6 nitrogen and oxygen atoms in total. The van der Waals surface area contributed by atoms with E-state index in [4.69, 9.17) is 15.4 Å². The second-order valence-corrected chi connectivity index (χ2v) is 6.21. The molecule has 0 spiro atoms. The van der Waals surface area contributed by atoms with Gasteiger partial charge >= 0.3 is 0 Å². The molecule has 1 aromatic heterocycles. The standard InChI is InChI=1S/C13H15BrN2OS.CH4N2O/c1-9-6-10(18-8-9)7-17-13-11(14)4-3-5-12(13)16(2)15;2-3-1-4/h3-6,8H,7,15H2,1-2H3;1H,2H2,(H,3,4). The number of benzene rings is 1. The van der Waals surface area contributed by atoms with E-state index < -0.39 is 0 Å². The summed E-state index contributed by atoms with van der Waals surface area (Å²) in [5.74, 6) is 11.0. The minimum Gasteiger partial charge on any atom is -0.485 e. The van der Waals surface area contributed by atoms with Crippen LogP contribution in [0.5, 0.6) is 5.75 Å². The Hall–Kier alpha value is -1.61. The number of para-hydroxylation sites is 1. The van der Waals surface area contributed by atoms with Gasteiger partial charge in [0.2, 0.25) is 6.41 Å². The zero-order chi connectivity index (χ0) is 16.5. The number of halogens is 1. The number of carbonyl (C=O) groups is 1. The molecule has 2 rings (SSSR count). The fraction of sp³-hybridized carbons (Fsp3) is 0.214. The first-order valence-corrected chi connectivity index (χ1v) is 8.00. The van der Waals surface area contributed by atoms with Crippen LogP contribution in [-0.2, 0) is 11.4 Å². The number of ether oxygens (including phenoxy) is 1. The summed E-state index contributed by atoms with van der Waals surface area (Å²) in [6, 6.07) is 7.94. The highest BCUT2D eigenvalue weighted by molar-refractivity contribution is 9.10. The van der Waals surface area contributed by atoms with Gasteiger partial charge in [0.05, 0.1) is 10.2 Å². The van der Waals surface area contributed by atoms with E-state index >= 15 is 0 Å². The topological polar surface area (TPSA) is 93.6 Å². The normalized spacial score (nSPS) is 9.50. The van der Waals surface area contributed by atoms with Gasteiger partial charge in [-0.05, 0) is 52.0 Å². The van der Waals surface area contributed by atoms with Crippen LogP contribution in [0, 0.1) is 6.92 Å². The number of anilines is 1. The summed E-state index contributed by atoms with van der Waals surface area (Å²) in [5.41, 5.74) is 3.87. The molecule has 1 aromatic carbocycles. The fourth-order valence-corrected chi connectivity index (χ4v) is 2.88. The maximum Gasteiger partial charge on any atom is 0.221 e. The zero-order valence-corrected chi connectivity index (χ0v) is 14.8. The molecule has 0 unspecified atom stereocenters. The van der Waals surface area contributed by atoms with Gasteiger partial charge in [-0.15, -0.1) is 11.3 Å². The molecular weight excluding hydrogens is 368 g/mol. The minimum atomic E-state index is 0.403. The third-order valence-electron chi connectivity index (χ3n) is 2.54. The van der Waals surface area contributed by atoms with E-state index in [1.165, 1.54) is 10.4 Å². The smallest absolute Gasteiger partial charge is 0.221 e. The summed E-state index contributed by atoms with van der Waals surface area (Å²) in [6.45, 7) is 2.64. The lowest BCUT2D eigenvalue weighted by atomic mass is 10.3. The summed E-state index contributed by atoms with van der Waals surface area (Å²) in [4.78, 5) is 10.1. The Bertz CT molecular complexity index is 604. The van der Waals surface area contributed by atoms with Crippen molar-refractivity contribution < 1.29 is 9.53 Å². The molecule has 5 N–H and O–H groups in total. The monoisotopic (exact) mass is 386 g/mol. The van der Waals surface area contributed by atoms with Crippen LogP contribution in [0.3, 0.4) is 0 Å². The number of aryl methyl sites for hydroxylation is 1. The molecule has 0 bridgehead atoms. The molecule has 8 heteroatoms. The van der Waals surface area contributed by atoms with Crippen LogP contribution in [0.25, 0.3) is 0 Å². The number of nitrogens with zero attached hydrogens (tertiary/aromatic N) is 1.